The highest BCUT2D eigenvalue weighted by Gasteiger charge is 2.40. The number of nitrogens with zero attached hydrogens (tertiary/aromatic N) is 3. The summed E-state index contributed by atoms with van der Waals surface area (Å²) in [6.07, 6.45) is -4.90. The highest BCUT2D eigenvalue weighted by Crippen LogP contribution is 2.30. The van der Waals surface area contributed by atoms with Crippen LogP contribution in [-0.2, 0) is 6.18 Å². The van der Waals surface area contributed by atoms with Crippen molar-refractivity contribution in [2.45, 2.75) is 6.18 Å². The SMILES string of the molecule is O=C(O)c1nn(-c2cccc(Cl)c2)nc1C(F)(F)F. The average Bonchev–Trinajstić information content (AvgIpc) is 2.73. The molecule has 1 N–H and O–H groups in total. The Morgan fingerprint density at radius 2 is 2.00 bits per heavy atom. The molecule has 0 aliphatic heterocycles. The lowest BCUT2D eigenvalue weighted by molar-refractivity contribution is -0.141. The van der Waals surface area contributed by atoms with Crippen molar-refractivity contribution in [3.63, 3.8) is 0 Å². The number of alkyl halides is 3. The first-order valence-corrected chi connectivity index (χ1v) is 5.20. The van der Waals surface area contributed by atoms with Gasteiger partial charge in [0.1, 0.15) is 0 Å². The van der Waals surface area contributed by atoms with E-state index in [1.165, 1.54) is 24.3 Å². The molecule has 9 heteroatoms. The van der Waals surface area contributed by atoms with E-state index in [2.05, 4.69) is 10.2 Å². The largest absolute Gasteiger partial charge is 0.476 e. The highest BCUT2D eigenvalue weighted by molar-refractivity contribution is 6.30. The molecule has 5 nitrogen and oxygen atoms in total. The molecule has 0 amide bonds. The fraction of sp³-hybridized carbons (Fsp3) is 0.100. The quantitative estimate of drug-likeness (QED) is 0.923. The maximum atomic E-state index is 12.6. The maximum absolute atomic E-state index is 12.6. The number of aromatic nitrogens is 3. The molecule has 0 bridgehead atoms. The standard InChI is InChI=1S/C10H5ClF3N3O2/c11-5-2-1-3-6(4-5)17-15-7(9(18)19)8(16-17)10(12,13)14/h1-4H,(H,18,19). The van der Waals surface area contributed by atoms with Gasteiger partial charge in [-0.05, 0) is 18.2 Å². The van der Waals surface area contributed by atoms with Crippen LogP contribution >= 0.6 is 11.6 Å². The fourth-order valence-corrected chi connectivity index (χ4v) is 1.54. The van der Waals surface area contributed by atoms with Gasteiger partial charge >= 0.3 is 12.1 Å². The van der Waals surface area contributed by atoms with E-state index >= 15 is 0 Å². The van der Waals surface area contributed by atoms with Gasteiger partial charge < -0.3 is 5.11 Å². The van der Waals surface area contributed by atoms with Crippen LogP contribution in [0, 0.1) is 0 Å². The van der Waals surface area contributed by atoms with Crippen molar-refractivity contribution in [2.24, 2.45) is 0 Å². The number of hydrogen-bond donors (Lipinski definition) is 1. The zero-order valence-corrected chi connectivity index (χ0v) is 9.77. The minimum atomic E-state index is -4.90. The lowest BCUT2D eigenvalue weighted by atomic mass is 10.3. The van der Waals surface area contributed by atoms with Gasteiger partial charge in [0.15, 0.2) is 0 Å². The Morgan fingerprint density at radius 1 is 1.32 bits per heavy atom. The molecule has 0 aliphatic carbocycles. The van der Waals surface area contributed by atoms with E-state index in [4.69, 9.17) is 16.7 Å². The van der Waals surface area contributed by atoms with E-state index in [0.717, 1.165) is 0 Å². The van der Waals surface area contributed by atoms with E-state index in [9.17, 15) is 18.0 Å². The molecule has 0 aliphatic rings. The van der Waals surface area contributed by atoms with E-state index in [-0.39, 0.29) is 10.7 Å². The van der Waals surface area contributed by atoms with Gasteiger partial charge in [-0.25, -0.2) is 4.79 Å². The molecule has 0 spiro atoms. The zero-order valence-electron chi connectivity index (χ0n) is 9.02. The minimum absolute atomic E-state index is 0.130. The van der Waals surface area contributed by atoms with Crippen LogP contribution in [0.4, 0.5) is 13.2 Å². The summed E-state index contributed by atoms with van der Waals surface area (Å²) >= 11 is 5.69. The normalized spacial score (nSPS) is 11.6. The van der Waals surface area contributed by atoms with Gasteiger partial charge in [0.2, 0.25) is 11.4 Å². The van der Waals surface area contributed by atoms with Crippen LogP contribution in [-0.4, -0.2) is 26.1 Å². The summed E-state index contributed by atoms with van der Waals surface area (Å²) in [5, 5.41) is 15.4. The lowest BCUT2D eigenvalue weighted by Crippen LogP contribution is -2.12. The Bertz CT molecular complexity index is 639. The van der Waals surface area contributed by atoms with Gasteiger partial charge in [-0.2, -0.15) is 18.0 Å². The highest BCUT2D eigenvalue weighted by atomic mass is 35.5. The van der Waals surface area contributed by atoms with Crippen molar-refractivity contribution in [1.82, 2.24) is 15.0 Å². The number of carbonyl (C=O) groups is 1. The number of benzene rings is 1. The van der Waals surface area contributed by atoms with Crippen LogP contribution in [0.25, 0.3) is 5.69 Å². The molecule has 100 valence electrons. The van der Waals surface area contributed by atoms with Gasteiger partial charge in [-0.15, -0.1) is 10.2 Å². The molecule has 0 radical (unpaired) electrons. The van der Waals surface area contributed by atoms with Gasteiger partial charge in [0.25, 0.3) is 0 Å². The molecule has 0 unspecified atom stereocenters. The summed E-state index contributed by atoms with van der Waals surface area (Å²) in [5.41, 5.74) is -2.59. The van der Waals surface area contributed by atoms with Crippen LogP contribution in [0.15, 0.2) is 24.3 Å². The Balaban J connectivity index is 2.58. The molecule has 1 aromatic carbocycles. The Kier molecular flexibility index (Phi) is 3.19. The summed E-state index contributed by atoms with van der Waals surface area (Å²) in [6.45, 7) is 0. The number of carboxylic acids is 1. The first kappa shape index (κ1) is 13.3. The van der Waals surface area contributed by atoms with Crippen LogP contribution in [0.1, 0.15) is 16.2 Å². The third-order valence-electron chi connectivity index (χ3n) is 2.12. The number of rotatable bonds is 2. The second-order valence-corrected chi connectivity index (χ2v) is 3.91. The van der Waals surface area contributed by atoms with Crippen LogP contribution in [0.2, 0.25) is 5.02 Å². The van der Waals surface area contributed by atoms with Gasteiger partial charge in [0.05, 0.1) is 5.69 Å². The monoisotopic (exact) mass is 291 g/mol. The number of carboxylic acid groups (broad SMARTS) is 1. The molecular formula is C10H5ClF3N3O2. The molecule has 1 aromatic heterocycles. The van der Waals surface area contributed by atoms with Crippen molar-refractivity contribution in [3.8, 4) is 5.69 Å². The van der Waals surface area contributed by atoms with Crippen molar-refractivity contribution >= 4 is 17.6 Å². The maximum Gasteiger partial charge on any atom is 0.437 e. The van der Waals surface area contributed by atoms with Gasteiger partial charge in [-0.3, -0.25) is 0 Å². The van der Waals surface area contributed by atoms with E-state index in [0.29, 0.717) is 4.80 Å². The summed E-state index contributed by atoms with van der Waals surface area (Å²) in [5.74, 6) is -1.80. The molecule has 2 aromatic rings. The Morgan fingerprint density at radius 3 is 2.47 bits per heavy atom. The molecular weight excluding hydrogens is 287 g/mol. The number of hydrogen-bond acceptors (Lipinski definition) is 3. The fourth-order valence-electron chi connectivity index (χ4n) is 1.36. The third-order valence-corrected chi connectivity index (χ3v) is 2.36. The Labute approximate surface area is 109 Å². The minimum Gasteiger partial charge on any atom is -0.476 e. The van der Waals surface area contributed by atoms with Crippen LogP contribution in [0.5, 0.6) is 0 Å². The first-order chi connectivity index (χ1) is 8.79. The summed E-state index contributed by atoms with van der Waals surface area (Å²) in [4.78, 5) is 11.3. The van der Waals surface area contributed by atoms with Crippen molar-refractivity contribution < 1.29 is 23.1 Å². The smallest absolute Gasteiger partial charge is 0.437 e. The number of aromatic carboxylic acids is 1. The van der Waals surface area contributed by atoms with Gasteiger partial charge in [0, 0.05) is 5.02 Å². The zero-order chi connectivity index (χ0) is 14.2. The molecule has 0 atom stereocenters. The van der Waals surface area contributed by atoms with E-state index in [1.807, 2.05) is 0 Å². The average molecular weight is 292 g/mol. The molecule has 0 saturated carbocycles. The molecule has 0 fully saturated rings. The van der Waals surface area contributed by atoms with Crippen molar-refractivity contribution in [2.75, 3.05) is 0 Å². The summed E-state index contributed by atoms with van der Waals surface area (Å²) in [7, 11) is 0. The predicted octanol–water partition coefficient (Wildman–Crippen LogP) is 2.64. The topological polar surface area (TPSA) is 68.0 Å². The molecule has 0 saturated heterocycles. The predicted molar refractivity (Wildman–Crippen MR) is 58.3 cm³/mol. The summed E-state index contributed by atoms with van der Waals surface area (Å²) in [6, 6.07) is 5.71. The summed E-state index contributed by atoms with van der Waals surface area (Å²) < 4.78 is 37.8. The van der Waals surface area contributed by atoms with Crippen LogP contribution in [0.3, 0.4) is 0 Å². The number of halogens is 4. The van der Waals surface area contributed by atoms with E-state index < -0.39 is 23.5 Å². The van der Waals surface area contributed by atoms with Crippen molar-refractivity contribution in [3.05, 3.63) is 40.7 Å². The second kappa shape index (κ2) is 4.54. The molecule has 1 heterocycles. The first-order valence-electron chi connectivity index (χ1n) is 4.83. The van der Waals surface area contributed by atoms with Crippen LogP contribution < -0.4 is 0 Å². The van der Waals surface area contributed by atoms with E-state index in [1.54, 1.807) is 0 Å². The molecule has 2 rings (SSSR count). The van der Waals surface area contributed by atoms with Crippen molar-refractivity contribution in [1.29, 1.82) is 0 Å². The lowest BCUT2D eigenvalue weighted by Gasteiger charge is -2.01. The molecule has 19 heavy (non-hydrogen) atoms. The third kappa shape index (κ3) is 2.68. The van der Waals surface area contributed by atoms with Gasteiger partial charge in [-0.1, -0.05) is 17.7 Å². The Hall–Kier alpha value is -2.09. The second-order valence-electron chi connectivity index (χ2n) is 3.47.